The first-order valence-electron chi connectivity index (χ1n) is 9.49. The molecule has 29 heavy (non-hydrogen) atoms. The highest BCUT2D eigenvalue weighted by Crippen LogP contribution is 2.33. The van der Waals surface area contributed by atoms with Gasteiger partial charge in [-0.2, -0.15) is 10.1 Å². The van der Waals surface area contributed by atoms with Crippen molar-refractivity contribution in [3.63, 3.8) is 0 Å². The smallest absolute Gasteiger partial charge is 0.410 e. The maximum atomic E-state index is 12.4. The number of carbonyl (C=O) groups is 1. The van der Waals surface area contributed by atoms with Gasteiger partial charge in [-0.3, -0.25) is 0 Å². The topological polar surface area (TPSA) is 99.6 Å². The molecule has 1 atom stereocenters. The minimum atomic E-state index is -0.513. The fourth-order valence-electron chi connectivity index (χ4n) is 3.30. The molecule has 0 radical (unpaired) electrons. The normalized spacial score (nSPS) is 16.6. The largest absolute Gasteiger partial charge is 0.480 e. The highest BCUT2D eigenvalue weighted by Gasteiger charge is 2.32. The number of nitrogens with zero attached hydrogens (tertiary/aromatic N) is 5. The Hall–Kier alpha value is -2.97. The van der Waals surface area contributed by atoms with Gasteiger partial charge in [0, 0.05) is 25.2 Å². The van der Waals surface area contributed by atoms with E-state index in [1.54, 1.807) is 11.1 Å². The highest BCUT2D eigenvalue weighted by molar-refractivity contribution is 5.69. The van der Waals surface area contributed by atoms with Gasteiger partial charge >= 0.3 is 12.1 Å². The third-order valence-electron chi connectivity index (χ3n) is 4.68. The molecule has 2 aromatic rings. The predicted octanol–water partition coefficient (Wildman–Crippen LogP) is 2.98. The van der Waals surface area contributed by atoms with Crippen molar-refractivity contribution < 1.29 is 19.0 Å². The van der Waals surface area contributed by atoms with E-state index in [0.29, 0.717) is 30.2 Å². The van der Waals surface area contributed by atoms with Crippen LogP contribution in [0.2, 0.25) is 0 Å². The molecule has 1 aliphatic heterocycles. The van der Waals surface area contributed by atoms with Gasteiger partial charge in [0.1, 0.15) is 11.3 Å². The van der Waals surface area contributed by atoms with Gasteiger partial charge in [-0.05, 0) is 45.7 Å². The first-order chi connectivity index (χ1) is 13.7. The second-order valence-corrected chi connectivity index (χ2v) is 7.96. The number of aromatic nitrogens is 4. The number of methoxy groups -OCH3 is 2. The molecule has 0 N–H and O–H groups in total. The Balaban J connectivity index is 1.85. The second-order valence-electron chi connectivity index (χ2n) is 7.96. The molecule has 2 aromatic heterocycles. The highest BCUT2D eigenvalue weighted by atomic mass is 16.6. The van der Waals surface area contributed by atoms with E-state index in [1.807, 2.05) is 33.8 Å². The minimum Gasteiger partial charge on any atom is -0.480 e. The first-order valence-corrected chi connectivity index (χ1v) is 9.49. The molecule has 3 heterocycles. The van der Waals surface area contributed by atoms with Crippen molar-refractivity contribution in [1.29, 1.82) is 0 Å². The van der Waals surface area contributed by atoms with E-state index in [1.165, 1.54) is 14.2 Å². The lowest BCUT2D eigenvalue weighted by atomic mass is 9.96. The average Bonchev–Trinajstić information content (AvgIpc) is 3.17. The zero-order valence-electron chi connectivity index (χ0n) is 17.7. The van der Waals surface area contributed by atoms with Crippen LogP contribution in [-0.2, 0) is 4.74 Å². The lowest BCUT2D eigenvalue weighted by Gasteiger charge is -2.24. The summed E-state index contributed by atoms with van der Waals surface area (Å²) in [5.41, 5.74) is 2.60. The fourth-order valence-corrected chi connectivity index (χ4v) is 3.30. The first kappa shape index (κ1) is 20.8. The van der Waals surface area contributed by atoms with E-state index in [-0.39, 0.29) is 18.0 Å². The maximum absolute atomic E-state index is 12.4. The van der Waals surface area contributed by atoms with Gasteiger partial charge in [-0.25, -0.2) is 9.78 Å². The van der Waals surface area contributed by atoms with Crippen molar-refractivity contribution in [2.45, 2.75) is 45.6 Å². The molecule has 1 aliphatic rings. The van der Waals surface area contributed by atoms with Crippen molar-refractivity contribution in [3.05, 3.63) is 23.5 Å². The van der Waals surface area contributed by atoms with Gasteiger partial charge in [-0.1, -0.05) is 0 Å². The number of likely N-dealkylation sites (tertiary alicyclic amines) is 1. The molecule has 1 fully saturated rings. The predicted molar refractivity (Wildman–Crippen MR) is 106 cm³/mol. The molecular weight excluding hydrogens is 374 g/mol. The lowest BCUT2D eigenvalue weighted by molar-refractivity contribution is 0.0292. The van der Waals surface area contributed by atoms with Crippen LogP contribution >= 0.6 is 0 Å². The molecule has 9 heteroatoms. The van der Waals surface area contributed by atoms with Crippen LogP contribution in [0.3, 0.4) is 0 Å². The van der Waals surface area contributed by atoms with Crippen LogP contribution in [0.25, 0.3) is 11.3 Å². The summed E-state index contributed by atoms with van der Waals surface area (Å²) in [5, 5.41) is 8.61. The van der Waals surface area contributed by atoms with Gasteiger partial charge in [0.15, 0.2) is 0 Å². The monoisotopic (exact) mass is 401 g/mol. The van der Waals surface area contributed by atoms with Crippen LogP contribution in [-0.4, -0.2) is 64.1 Å². The number of carbonyl (C=O) groups excluding carboxylic acids is 1. The van der Waals surface area contributed by atoms with E-state index in [4.69, 9.17) is 14.2 Å². The molecule has 9 nitrogen and oxygen atoms in total. The van der Waals surface area contributed by atoms with Crippen LogP contribution < -0.4 is 9.47 Å². The van der Waals surface area contributed by atoms with Crippen LogP contribution in [0.1, 0.15) is 44.4 Å². The lowest BCUT2D eigenvalue weighted by Crippen LogP contribution is -2.35. The Bertz CT molecular complexity index is 897. The Kier molecular flexibility index (Phi) is 5.86. The Morgan fingerprint density at radius 3 is 2.62 bits per heavy atom. The second kappa shape index (κ2) is 8.18. The van der Waals surface area contributed by atoms with E-state index in [0.717, 1.165) is 17.7 Å². The van der Waals surface area contributed by atoms with Gasteiger partial charge in [0.25, 0.3) is 0 Å². The van der Waals surface area contributed by atoms with Gasteiger partial charge < -0.3 is 19.1 Å². The summed E-state index contributed by atoms with van der Waals surface area (Å²) in [6.07, 6.45) is 2.15. The number of ether oxygens (including phenoxy) is 3. The van der Waals surface area contributed by atoms with Gasteiger partial charge in [0.2, 0.25) is 5.88 Å². The summed E-state index contributed by atoms with van der Waals surface area (Å²) in [6.45, 7) is 8.75. The van der Waals surface area contributed by atoms with Crippen molar-refractivity contribution >= 4 is 6.09 Å². The Labute approximate surface area is 170 Å². The Morgan fingerprint density at radius 2 is 1.97 bits per heavy atom. The fraction of sp³-hybridized carbons (Fsp3) is 0.550. The van der Waals surface area contributed by atoms with Crippen LogP contribution in [0, 0.1) is 6.92 Å². The molecule has 0 aliphatic carbocycles. The minimum absolute atomic E-state index is 0.155. The summed E-state index contributed by atoms with van der Waals surface area (Å²) in [5.74, 6) is 0.518. The SMILES string of the molecule is COc1ncc(-c2cc(C3CCN(C(=O)OC(C)(C)C)C3)c(C)nn2)c(OC)n1. The molecular formula is C20H27N5O4. The molecule has 0 aromatic carbocycles. The summed E-state index contributed by atoms with van der Waals surface area (Å²) in [6, 6.07) is 2.19. The summed E-state index contributed by atoms with van der Waals surface area (Å²) < 4.78 is 15.9. The summed E-state index contributed by atoms with van der Waals surface area (Å²) in [4.78, 5) is 22.5. The van der Waals surface area contributed by atoms with Crippen molar-refractivity contribution in [3.8, 4) is 23.1 Å². The molecule has 156 valence electrons. The quantitative estimate of drug-likeness (QED) is 0.771. The van der Waals surface area contributed by atoms with Crippen molar-refractivity contribution in [1.82, 2.24) is 25.1 Å². The van der Waals surface area contributed by atoms with Crippen molar-refractivity contribution in [2.24, 2.45) is 0 Å². The maximum Gasteiger partial charge on any atom is 0.410 e. The van der Waals surface area contributed by atoms with Gasteiger partial charge in [0.05, 0.1) is 25.5 Å². The van der Waals surface area contributed by atoms with Crippen molar-refractivity contribution in [2.75, 3.05) is 27.3 Å². The third kappa shape index (κ3) is 4.72. The molecule has 1 unspecified atom stereocenters. The molecule has 0 saturated carbocycles. The average molecular weight is 401 g/mol. The molecule has 0 bridgehead atoms. The standard InChI is InChI=1S/C20H27N5O4/c1-12-14(13-7-8-25(11-13)19(26)29-20(2,3)4)9-16(24-23-12)15-10-21-18(28-6)22-17(15)27-5/h9-10,13H,7-8,11H2,1-6H3. The van der Waals surface area contributed by atoms with E-state index < -0.39 is 5.60 Å². The van der Waals surface area contributed by atoms with Crippen LogP contribution in [0.5, 0.6) is 11.9 Å². The summed E-state index contributed by atoms with van der Waals surface area (Å²) >= 11 is 0. The zero-order chi connectivity index (χ0) is 21.2. The number of rotatable bonds is 4. The van der Waals surface area contributed by atoms with E-state index in [9.17, 15) is 4.79 Å². The molecule has 3 rings (SSSR count). The zero-order valence-corrected chi connectivity index (χ0v) is 17.7. The van der Waals surface area contributed by atoms with Gasteiger partial charge in [-0.15, -0.1) is 5.10 Å². The van der Waals surface area contributed by atoms with Crippen LogP contribution in [0.15, 0.2) is 12.3 Å². The number of hydrogen-bond acceptors (Lipinski definition) is 8. The van der Waals surface area contributed by atoms with E-state index >= 15 is 0 Å². The number of hydrogen-bond donors (Lipinski definition) is 0. The molecule has 1 saturated heterocycles. The third-order valence-corrected chi connectivity index (χ3v) is 4.68. The number of aryl methyl sites for hydroxylation is 1. The number of amides is 1. The van der Waals surface area contributed by atoms with E-state index in [2.05, 4.69) is 20.2 Å². The van der Waals surface area contributed by atoms with Crippen LogP contribution in [0.4, 0.5) is 4.79 Å². The summed E-state index contributed by atoms with van der Waals surface area (Å²) in [7, 11) is 3.03. The molecule has 1 amide bonds. The Morgan fingerprint density at radius 1 is 1.21 bits per heavy atom. The molecule has 0 spiro atoms.